The lowest BCUT2D eigenvalue weighted by Gasteiger charge is -2.06. The van der Waals surface area contributed by atoms with E-state index in [-0.39, 0.29) is 11.3 Å². The molecule has 0 aliphatic heterocycles. The third-order valence-electron chi connectivity index (χ3n) is 3.14. The van der Waals surface area contributed by atoms with Crippen molar-refractivity contribution >= 4 is 17.4 Å². The number of pyridine rings is 1. The van der Waals surface area contributed by atoms with Crippen LogP contribution < -0.4 is 5.56 Å². The molecule has 0 saturated heterocycles. The van der Waals surface area contributed by atoms with E-state index in [9.17, 15) is 9.90 Å². The number of phenols is 1. The fourth-order valence-electron chi connectivity index (χ4n) is 2.11. The Labute approximate surface area is 126 Å². The van der Waals surface area contributed by atoms with Crippen LogP contribution in [0.5, 0.6) is 5.75 Å². The van der Waals surface area contributed by atoms with Crippen LogP contribution in [0.4, 0.5) is 0 Å². The fraction of sp³-hybridized carbons (Fsp3) is 0.125. The number of hydrogen-bond acceptors (Lipinski definition) is 4. The van der Waals surface area contributed by atoms with Gasteiger partial charge in [-0.05, 0) is 36.8 Å². The average Bonchev–Trinajstić information content (AvgIpc) is 2.46. The molecule has 21 heavy (non-hydrogen) atoms. The minimum absolute atomic E-state index is 0.0739. The minimum Gasteiger partial charge on any atom is -0.508 e. The van der Waals surface area contributed by atoms with Crippen molar-refractivity contribution in [2.45, 2.75) is 17.6 Å². The fourth-order valence-corrected chi connectivity index (χ4v) is 2.95. The van der Waals surface area contributed by atoms with Crippen LogP contribution in [0.3, 0.4) is 0 Å². The zero-order chi connectivity index (χ0) is 14.8. The molecule has 0 amide bonds. The number of aromatic nitrogens is 2. The molecule has 0 bridgehead atoms. The molecule has 1 N–H and O–H groups in total. The monoisotopic (exact) mass is 298 g/mol. The van der Waals surface area contributed by atoms with E-state index in [0.29, 0.717) is 11.4 Å². The molecule has 2 aromatic heterocycles. The summed E-state index contributed by atoms with van der Waals surface area (Å²) in [6, 6.07) is 12.4. The van der Waals surface area contributed by atoms with Crippen LogP contribution in [-0.4, -0.2) is 14.5 Å². The third-order valence-corrected chi connectivity index (χ3v) is 4.17. The maximum atomic E-state index is 12.1. The number of fused-ring (bicyclic) bond motifs is 1. The summed E-state index contributed by atoms with van der Waals surface area (Å²) in [5, 5.41) is 9.45. The number of phenolic OH excluding ortho intramolecular Hbond substituents is 1. The van der Waals surface area contributed by atoms with Gasteiger partial charge in [0.1, 0.15) is 11.4 Å². The van der Waals surface area contributed by atoms with Gasteiger partial charge in [-0.3, -0.25) is 9.20 Å². The molecule has 0 aliphatic carbocycles. The largest absolute Gasteiger partial charge is 0.508 e. The van der Waals surface area contributed by atoms with E-state index >= 15 is 0 Å². The average molecular weight is 298 g/mol. The van der Waals surface area contributed by atoms with Gasteiger partial charge in [0, 0.05) is 22.9 Å². The van der Waals surface area contributed by atoms with Crippen LogP contribution in [-0.2, 0) is 5.75 Å². The van der Waals surface area contributed by atoms with Gasteiger partial charge in [0.25, 0.3) is 5.56 Å². The Balaban J connectivity index is 1.91. The molecule has 3 aromatic rings. The van der Waals surface area contributed by atoms with Crippen LogP contribution in [0.15, 0.2) is 58.4 Å². The molecule has 0 atom stereocenters. The second kappa shape index (κ2) is 5.61. The van der Waals surface area contributed by atoms with Crippen molar-refractivity contribution in [3.8, 4) is 5.75 Å². The smallest absolute Gasteiger partial charge is 0.258 e. The summed E-state index contributed by atoms with van der Waals surface area (Å²) in [5.74, 6) is 0.825. The van der Waals surface area contributed by atoms with Crippen molar-refractivity contribution in [2.75, 3.05) is 0 Å². The highest BCUT2D eigenvalue weighted by Gasteiger charge is 2.05. The number of hydrogen-bond donors (Lipinski definition) is 1. The molecule has 4 nitrogen and oxygen atoms in total. The van der Waals surface area contributed by atoms with Gasteiger partial charge >= 0.3 is 0 Å². The van der Waals surface area contributed by atoms with Crippen molar-refractivity contribution in [1.29, 1.82) is 0 Å². The molecule has 3 rings (SSSR count). The highest BCUT2D eigenvalue weighted by Crippen LogP contribution is 2.24. The molecule has 0 radical (unpaired) electrons. The quantitative estimate of drug-likeness (QED) is 0.755. The zero-order valence-corrected chi connectivity index (χ0v) is 12.3. The predicted octanol–water partition coefficient (Wildman–Crippen LogP) is 3.00. The van der Waals surface area contributed by atoms with Gasteiger partial charge < -0.3 is 5.11 Å². The Morgan fingerprint density at radius 1 is 1.24 bits per heavy atom. The normalized spacial score (nSPS) is 10.9. The van der Waals surface area contributed by atoms with Crippen molar-refractivity contribution in [3.05, 3.63) is 70.3 Å². The number of benzene rings is 1. The lowest BCUT2D eigenvalue weighted by atomic mass is 10.3. The van der Waals surface area contributed by atoms with Crippen molar-refractivity contribution < 1.29 is 5.11 Å². The third kappa shape index (κ3) is 2.92. The molecular weight excluding hydrogens is 284 g/mol. The van der Waals surface area contributed by atoms with Crippen LogP contribution in [0.1, 0.15) is 11.3 Å². The maximum Gasteiger partial charge on any atom is 0.258 e. The SMILES string of the molecule is Cc1cccn2c(=O)cc(CSc3cccc(O)c3)nc12. The van der Waals surface area contributed by atoms with Gasteiger partial charge in [0.15, 0.2) is 0 Å². The number of thioether (sulfide) groups is 1. The second-order valence-corrected chi connectivity index (χ2v) is 5.81. The highest BCUT2D eigenvalue weighted by molar-refractivity contribution is 7.98. The Kier molecular flexibility index (Phi) is 3.66. The van der Waals surface area contributed by atoms with E-state index < -0.39 is 0 Å². The first-order valence-corrected chi connectivity index (χ1v) is 7.52. The van der Waals surface area contributed by atoms with Crippen LogP contribution in [0, 0.1) is 6.92 Å². The topological polar surface area (TPSA) is 54.6 Å². The van der Waals surface area contributed by atoms with Gasteiger partial charge in [-0.1, -0.05) is 12.1 Å². The van der Waals surface area contributed by atoms with Crippen LogP contribution in [0.2, 0.25) is 0 Å². The van der Waals surface area contributed by atoms with Crippen LogP contribution >= 0.6 is 11.8 Å². The van der Waals surface area contributed by atoms with E-state index in [1.165, 1.54) is 0 Å². The molecule has 0 spiro atoms. The Hall–Kier alpha value is -2.27. The van der Waals surface area contributed by atoms with Crippen molar-refractivity contribution in [3.63, 3.8) is 0 Å². The van der Waals surface area contributed by atoms with Gasteiger partial charge in [0.2, 0.25) is 0 Å². The Morgan fingerprint density at radius 2 is 2.10 bits per heavy atom. The first-order valence-electron chi connectivity index (χ1n) is 6.53. The first-order chi connectivity index (χ1) is 10.1. The first kappa shape index (κ1) is 13.7. The summed E-state index contributed by atoms with van der Waals surface area (Å²) >= 11 is 1.54. The number of nitrogens with zero attached hydrogens (tertiary/aromatic N) is 2. The zero-order valence-electron chi connectivity index (χ0n) is 11.5. The van der Waals surface area contributed by atoms with E-state index in [1.807, 2.05) is 25.1 Å². The molecule has 0 fully saturated rings. The Bertz CT molecular complexity index is 858. The molecule has 0 aliphatic rings. The molecule has 5 heteroatoms. The summed E-state index contributed by atoms with van der Waals surface area (Å²) in [6.07, 6.45) is 1.73. The molecule has 0 unspecified atom stereocenters. The highest BCUT2D eigenvalue weighted by atomic mass is 32.2. The molecule has 0 saturated carbocycles. The van der Waals surface area contributed by atoms with E-state index in [0.717, 1.165) is 16.2 Å². The molecule has 106 valence electrons. The number of rotatable bonds is 3. The number of aromatic hydroxyl groups is 1. The molecular formula is C16H14N2O2S. The van der Waals surface area contributed by atoms with E-state index in [4.69, 9.17) is 0 Å². The summed E-state index contributed by atoms with van der Waals surface area (Å²) in [5.41, 5.74) is 2.33. The van der Waals surface area contributed by atoms with Crippen molar-refractivity contribution in [1.82, 2.24) is 9.38 Å². The second-order valence-electron chi connectivity index (χ2n) is 4.76. The van der Waals surface area contributed by atoms with Gasteiger partial charge in [-0.2, -0.15) is 0 Å². The minimum atomic E-state index is -0.0739. The summed E-state index contributed by atoms with van der Waals surface area (Å²) < 4.78 is 1.55. The van der Waals surface area contributed by atoms with Crippen molar-refractivity contribution in [2.24, 2.45) is 0 Å². The number of aryl methyl sites for hydroxylation is 1. The molecule has 2 heterocycles. The van der Waals surface area contributed by atoms with Crippen LogP contribution in [0.25, 0.3) is 5.65 Å². The van der Waals surface area contributed by atoms with Gasteiger partial charge in [-0.15, -0.1) is 11.8 Å². The standard InChI is InChI=1S/C16H14N2O2S/c1-11-4-3-7-18-15(20)8-12(17-16(11)18)10-21-14-6-2-5-13(19)9-14/h2-9,19H,10H2,1H3. The lowest BCUT2D eigenvalue weighted by Crippen LogP contribution is -2.15. The van der Waals surface area contributed by atoms with E-state index in [1.54, 1.807) is 46.6 Å². The predicted molar refractivity (Wildman–Crippen MR) is 83.9 cm³/mol. The van der Waals surface area contributed by atoms with Gasteiger partial charge in [-0.25, -0.2) is 4.98 Å². The summed E-state index contributed by atoms with van der Waals surface area (Å²) in [4.78, 5) is 17.6. The lowest BCUT2D eigenvalue weighted by molar-refractivity contribution is 0.474. The van der Waals surface area contributed by atoms with E-state index in [2.05, 4.69) is 4.98 Å². The molecule has 1 aromatic carbocycles. The Morgan fingerprint density at radius 3 is 2.90 bits per heavy atom. The summed E-state index contributed by atoms with van der Waals surface area (Å²) in [6.45, 7) is 1.94. The van der Waals surface area contributed by atoms with Gasteiger partial charge in [0.05, 0.1) is 5.69 Å². The summed E-state index contributed by atoms with van der Waals surface area (Å²) in [7, 11) is 0. The maximum absolute atomic E-state index is 12.1.